The lowest BCUT2D eigenvalue weighted by Crippen LogP contribution is -2.34. The van der Waals surface area contributed by atoms with Crippen molar-refractivity contribution in [3.8, 4) is 5.75 Å². The van der Waals surface area contributed by atoms with Crippen LogP contribution in [0.3, 0.4) is 0 Å². The third-order valence-electron chi connectivity index (χ3n) is 3.30. The Morgan fingerprint density at radius 2 is 2.00 bits per heavy atom. The maximum atomic E-state index is 11.6. The molecule has 4 nitrogen and oxygen atoms in total. The Morgan fingerprint density at radius 1 is 1.26 bits per heavy atom. The summed E-state index contributed by atoms with van der Waals surface area (Å²) in [6, 6.07) is 9.23. The van der Waals surface area contributed by atoms with E-state index in [-0.39, 0.29) is 18.2 Å². The predicted molar refractivity (Wildman–Crippen MR) is 72.9 cm³/mol. The lowest BCUT2D eigenvalue weighted by molar-refractivity contribution is -0.150. The van der Waals surface area contributed by atoms with Gasteiger partial charge in [0, 0.05) is 6.42 Å². The van der Waals surface area contributed by atoms with Crippen LogP contribution in [-0.4, -0.2) is 24.2 Å². The average Bonchev–Trinajstić information content (AvgIpc) is 2.43. The molecule has 2 unspecified atom stereocenters. The summed E-state index contributed by atoms with van der Waals surface area (Å²) in [7, 11) is 0. The highest BCUT2D eigenvalue weighted by Gasteiger charge is 2.24. The molecule has 0 spiro atoms. The monoisotopic (exact) mass is 263 g/mol. The minimum Gasteiger partial charge on any atom is -0.490 e. The van der Waals surface area contributed by atoms with E-state index in [1.807, 2.05) is 37.3 Å². The van der Waals surface area contributed by atoms with Gasteiger partial charge in [-0.15, -0.1) is 0 Å². The Kier molecular flexibility index (Phi) is 4.80. The number of cyclic esters (lactones) is 1. The van der Waals surface area contributed by atoms with Crippen molar-refractivity contribution in [2.24, 2.45) is 5.73 Å². The molecule has 3 atom stereocenters. The molecule has 104 valence electrons. The average molecular weight is 263 g/mol. The van der Waals surface area contributed by atoms with Crippen LogP contribution >= 0.6 is 0 Å². The fourth-order valence-electron chi connectivity index (χ4n) is 2.30. The second-order valence-electron chi connectivity index (χ2n) is 5.07. The van der Waals surface area contributed by atoms with Gasteiger partial charge in [-0.25, -0.2) is 0 Å². The molecular weight excluding hydrogens is 242 g/mol. The van der Waals surface area contributed by atoms with Gasteiger partial charge in [-0.1, -0.05) is 18.2 Å². The van der Waals surface area contributed by atoms with Gasteiger partial charge in [-0.2, -0.15) is 0 Å². The number of rotatable bonds is 2. The van der Waals surface area contributed by atoms with Crippen LogP contribution < -0.4 is 10.5 Å². The highest BCUT2D eigenvalue weighted by molar-refractivity contribution is 5.75. The van der Waals surface area contributed by atoms with Gasteiger partial charge in [0.1, 0.15) is 24.0 Å². The van der Waals surface area contributed by atoms with Crippen molar-refractivity contribution < 1.29 is 14.3 Å². The zero-order valence-electron chi connectivity index (χ0n) is 11.2. The quantitative estimate of drug-likeness (QED) is 0.831. The zero-order valence-corrected chi connectivity index (χ0v) is 11.2. The van der Waals surface area contributed by atoms with Gasteiger partial charge in [-0.05, 0) is 38.3 Å². The molecule has 0 radical (unpaired) electrons. The van der Waals surface area contributed by atoms with E-state index >= 15 is 0 Å². The lowest BCUT2D eigenvalue weighted by Gasteiger charge is -2.21. The summed E-state index contributed by atoms with van der Waals surface area (Å²) in [6.45, 7) is 1.89. The van der Waals surface area contributed by atoms with Crippen molar-refractivity contribution in [1.82, 2.24) is 0 Å². The largest absolute Gasteiger partial charge is 0.490 e. The summed E-state index contributed by atoms with van der Waals surface area (Å²) in [5, 5.41) is 0. The number of carbonyl (C=O) groups is 1. The highest BCUT2D eigenvalue weighted by atomic mass is 16.5. The SMILES string of the molecule is CC1CC(Oc2ccccc2)CCC[C@H](N)C(=O)O1. The number of benzene rings is 1. The van der Waals surface area contributed by atoms with Crippen LogP contribution in [-0.2, 0) is 9.53 Å². The van der Waals surface area contributed by atoms with E-state index in [1.54, 1.807) is 0 Å². The Hall–Kier alpha value is -1.55. The number of ether oxygens (including phenoxy) is 2. The summed E-state index contributed by atoms with van der Waals surface area (Å²) in [5.74, 6) is 0.558. The van der Waals surface area contributed by atoms with Crippen LogP contribution in [0.1, 0.15) is 32.6 Å². The van der Waals surface area contributed by atoms with Crippen LogP contribution in [0.15, 0.2) is 30.3 Å². The summed E-state index contributed by atoms with van der Waals surface area (Å²) in [6.07, 6.45) is 3.03. The van der Waals surface area contributed by atoms with Crippen molar-refractivity contribution in [3.63, 3.8) is 0 Å². The second-order valence-corrected chi connectivity index (χ2v) is 5.07. The molecule has 2 N–H and O–H groups in total. The second kappa shape index (κ2) is 6.57. The van der Waals surface area contributed by atoms with Gasteiger partial charge in [-0.3, -0.25) is 4.79 Å². The van der Waals surface area contributed by atoms with Crippen molar-refractivity contribution in [2.45, 2.75) is 50.9 Å². The summed E-state index contributed by atoms with van der Waals surface area (Å²) >= 11 is 0. The smallest absolute Gasteiger partial charge is 0.323 e. The first-order chi connectivity index (χ1) is 9.15. The van der Waals surface area contributed by atoms with Gasteiger partial charge in [0.2, 0.25) is 0 Å². The van der Waals surface area contributed by atoms with E-state index in [9.17, 15) is 4.79 Å². The molecule has 2 rings (SSSR count). The van der Waals surface area contributed by atoms with Crippen molar-refractivity contribution in [2.75, 3.05) is 0 Å². The van der Waals surface area contributed by atoms with Crippen LogP contribution in [0.5, 0.6) is 5.75 Å². The number of nitrogens with two attached hydrogens (primary N) is 1. The van der Waals surface area contributed by atoms with Gasteiger partial charge in [0.25, 0.3) is 0 Å². The van der Waals surface area contributed by atoms with E-state index in [2.05, 4.69) is 0 Å². The number of esters is 1. The van der Waals surface area contributed by atoms with E-state index in [1.165, 1.54) is 0 Å². The van der Waals surface area contributed by atoms with Crippen molar-refractivity contribution in [1.29, 1.82) is 0 Å². The van der Waals surface area contributed by atoms with Gasteiger partial charge in [0.05, 0.1) is 0 Å². The lowest BCUT2D eigenvalue weighted by atomic mass is 10.0. The molecule has 0 saturated carbocycles. The maximum Gasteiger partial charge on any atom is 0.323 e. The van der Waals surface area contributed by atoms with Crippen molar-refractivity contribution >= 4 is 5.97 Å². The van der Waals surface area contributed by atoms with Gasteiger partial charge >= 0.3 is 5.97 Å². The maximum absolute atomic E-state index is 11.6. The first-order valence-electron chi connectivity index (χ1n) is 6.83. The number of hydrogen-bond acceptors (Lipinski definition) is 4. The molecular formula is C15H21NO3. The van der Waals surface area contributed by atoms with Crippen LogP contribution in [0.25, 0.3) is 0 Å². The zero-order chi connectivity index (χ0) is 13.7. The molecule has 1 aliphatic rings. The number of hydrogen-bond donors (Lipinski definition) is 1. The molecule has 1 fully saturated rings. The summed E-state index contributed by atoms with van der Waals surface area (Å²) in [5.41, 5.74) is 5.76. The normalized spacial score (nSPS) is 28.7. The summed E-state index contributed by atoms with van der Waals surface area (Å²) < 4.78 is 11.3. The summed E-state index contributed by atoms with van der Waals surface area (Å²) in [4.78, 5) is 11.6. The van der Waals surface area contributed by atoms with E-state index in [0.29, 0.717) is 12.8 Å². The Balaban J connectivity index is 1.98. The molecule has 0 aliphatic carbocycles. The fraction of sp³-hybridized carbons (Fsp3) is 0.533. The van der Waals surface area contributed by atoms with E-state index in [4.69, 9.17) is 15.2 Å². The van der Waals surface area contributed by atoms with Crippen molar-refractivity contribution in [3.05, 3.63) is 30.3 Å². The molecule has 1 heterocycles. The Morgan fingerprint density at radius 3 is 2.74 bits per heavy atom. The fourth-order valence-corrected chi connectivity index (χ4v) is 2.30. The van der Waals surface area contributed by atoms with Gasteiger partial charge in [0.15, 0.2) is 0 Å². The minimum atomic E-state index is -0.502. The van der Waals surface area contributed by atoms with Crippen LogP contribution in [0.2, 0.25) is 0 Å². The highest BCUT2D eigenvalue weighted by Crippen LogP contribution is 2.20. The molecule has 1 aliphatic heterocycles. The third-order valence-corrected chi connectivity index (χ3v) is 3.30. The molecule has 1 aromatic rings. The Bertz CT molecular complexity index is 407. The first-order valence-corrected chi connectivity index (χ1v) is 6.83. The standard InChI is InChI=1S/C15H21NO3/c1-11-10-13(19-12-6-3-2-4-7-12)8-5-9-14(16)15(17)18-11/h2-4,6-7,11,13-14H,5,8-10,16H2,1H3/t11?,13?,14-/m0/s1. The minimum absolute atomic E-state index is 0.0653. The molecule has 0 aromatic heterocycles. The molecule has 1 saturated heterocycles. The Labute approximate surface area is 113 Å². The molecule has 1 aromatic carbocycles. The molecule has 0 amide bonds. The molecule has 19 heavy (non-hydrogen) atoms. The van der Waals surface area contributed by atoms with Crippen LogP contribution in [0, 0.1) is 0 Å². The molecule has 4 heteroatoms. The van der Waals surface area contributed by atoms with E-state index in [0.717, 1.165) is 18.6 Å². The third kappa shape index (κ3) is 4.24. The number of para-hydroxylation sites is 1. The molecule has 0 bridgehead atoms. The van der Waals surface area contributed by atoms with Crippen LogP contribution in [0.4, 0.5) is 0 Å². The van der Waals surface area contributed by atoms with Gasteiger partial charge < -0.3 is 15.2 Å². The topological polar surface area (TPSA) is 61.5 Å². The number of carbonyl (C=O) groups excluding carboxylic acids is 1. The first kappa shape index (κ1) is 13.9. The predicted octanol–water partition coefficient (Wildman–Crippen LogP) is 2.27. The van der Waals surface area contributed by atoms with E-state index < -0.39 is 6.04 Å².